The van der Waals surface area contributed by atoms with E-state index in [-0.39, 0.29) is 53.0 Å². The molecule has 0 bridgehead atoms. The van der Waals surface area contributed by atoms with Gasteiger partial charge in [0.25, 0.3) is 37.6 Å². The largest absolute Gasteiger partial charge is 0.501 e. The molecule has 4 aliphatic heterocycles. The summed E-state index contributed by atoms with van der Waals surface area (Å²) < 4.78 is 99.7. The normalized spacial score (nSPS) is 19.2. The molecule has 4 aromatic carbocycles. The van der Waals surface area contributed by atoms with E-state index in [0.29, 0.717) is 70.4 Å². The van der Waals surface area contributed by atoms with Gasteiger partial charge in [0.15, 0.2) is 0 Å². The van der Waals surface area contributed by atoms with Gasteiger partial charge in [-0.3, -0.25) is 43.9 Å². The molecule has 9 rings (SSSR count). The number of thioether (sulfide) groups is 1. The molecule has 0 saturated carbocycles. The number of nitrogens with zero attached hydrogens (tertiary/aromatic N) is 5. The van der Waals surface area contributed by atoms with Gasteiger partial charge < -0.3 is 25.3 Å². The van der Waals surface area contributed by atoms with Crippen LogP contribution in [0.1, 0.15) is 122 Å². The summed E-state index contributed by atoms with van der Waals surface area (Å²) >= 11 is 1.41. The fourth-order valence-corrected chi connectivity index (χ4v) is 15.1. The third kappa shape index (κ3) is 16.4. The molecule has 3 fully saturated rings. The van der Waals surface area contributed by atoms with E-state index in [9.17, 15) is 58.8 Å². The monoisotopic (exact) mass is 1290 g/mol. The number of halogens is 3. The number of imide groups is 2. The van der Waals surface area contributed by atoms with Crippen molar-refractivity contribution >= 4 is 84.1 Å². The first-order valence-electron chi connectivity index (χ1n) is 30.3. The lowest BCUT2D eigenvalue weighted by Gasteiger charge is -2.39. The number of nitrogens with one attached hydrogen (secondary N) is 4. The molecule has 1 aliphatic carbocycles. The average molecular weight is 1290 g/mol. The van der Waals surface area contributed by atoms with Crippen molar-refractivity contribution in [1.82, 2.24) is 29.6 Å². The lowest BCUT2D eigenvalue weighted by Crippen LogP contribution is -2.54. The smallest absolute Gasteiger partial charge is 0.380 e. The van der Waals surface area contributed by atoms with Crippen LogP contribution in [-0.4, -0.2) is 167 Å². The molecule has 4 aromatic rings. The van der Waals surface area contributed by atoms with Gasteiger partial charge in [-0.25, -0.2) is 21.6 Å². The number of anilines is 3. The highest BCUT2D eigenvalue weighted by Crippen LogP contribution is 2.43. The summed E-state index contributed by atoms with van der Waals surface area (Å²) in [6, 6.07) is 20.8. The number of sulfone groups is 1. The lowest BCUT2D eigenvalue weighted by molar-refractivity contribution is -0.136. The van der Waals surface area contributed by atoms with Crippen molar-refractivity contribution < 1.29 is 58.8 Å². The van der Waals surface area contributed by atoms with E-state index in [1.807, 2.05) is 35.1 Å². The molecule has 4 N–H and O–H groups in total. The van der Waals surface area contributed by atoms with Crippen molar-refractivity contribution in [3.63, 3.8) is 0 Å². The average Bonchev–Trinajstić information content (AvgIpc) is 1.75. The summed E-state index contributed by atoms with van der Waals surface area (Å²) in [5.41, 5.74) is -0.871. The maximum Gasteiger partial charge on any atom is 0.501 e. The number of sulfonamides is 1. The molecule has 25 heteroatoms. The van der Waals surface area contributed by atoms with Gasteiger partial charge in [0, 0.05) is 106 Å². The zero-order chi connectivity index (χ0) is 63.8. The van der Waals surface area contributed by atoms with Gasteiger partial charge in [-0.15, -0.1) is 11.8 Å². The van der Waals surface area contributed by atoms with Gasteiger partial charge in [0.2, 0.25) is 17.7 Å². The number of piperidine rings is 1. The van der Waals surface area contributed by atoms with Gasteiger partial charge in [0.05, 0.1) is 27.4 Å². The Kier molecular flexibility index (Phi) is 21.3. The van der Waals surface area contributed by atoms with Gasteiger partial charge in [-0.2, -0.15) is 13.2 Å². The van der Waals surface area contributed by atoms with Gasteiger partial charge >= 0.3 is 5.51 Å². The van der Waals surface area contributed by atoms with Crippen LogP contribution >= 0.6 is 11.8 Å². The van der Waals surface area contributed by atoms with Crippen LogP contribution in [0.15, 0.2) is 129 Å². The van der Waals surface area contributed by atoms with E-state index >= 15 is 0 Å². The number of carbonyl (C=O) groups excluding carboxylic acids is 6. The summed E-state index contributed by atoms with van der Waals surface area (Å²) in [7, 11) is -11.1. The molecule has 6 amide bonds. The third-order valence-electron chi connectivity index (χ3n) is 17.2. The summed E-state index contributed by atoms with van der Waals surface area (Å²) in [5, 5.41) is 7.94. The van der Waals surface area contributed by atoms with Crippen molar-refractivity contribution in [2.45, 2.75) is 124 Å². The zero-order valence-electron chi connectivity index (χ0n) is 50.5. The summed E-state index contributed by atoms with van der Waals surface area (Å²) in [4.78, 5) is 86.2. The molecule has 478 valence electrons. The molecule has 2 atom stereocenters. The van der Waals surface area contributed by atoms with Crippen LogP contribution in [0.2, 0.25) is 0 Å². The Bertz CT molecular complexity index is 3590. The molecule has 4 heterocycles. The quantitative estimate of drug-likeness (QED) is 0.0275. The number of alkyl halides is 3. The molecule has 0 aromatic heterocycles. The standard InChI is InChI=1S/C64H78F3N9O10S3/c1-5-12-43(2)51-40-63(3,4)28-26-45(51)41-74-35-37-75(38-36-74)47-20-18-44(19-21-47)59(79)71-89(85,86)49-22-23-52(55(39-49)88(83,84)64(65,66)67)68-46(42-87-48-13-7-6-8-14-48)27-30-73-33-31-72(32-34-73)29-10-9-17-56(77)69-53-16-11-15-50-58(53)62(82)76(61(50)81)54-24-25-57(78)70-60(54)80/h6-8,11,13-16,18-23,39,46,54,68H,2,5,9-10,12,17,24-38,40-42H2,1,3-4H3,(H,69,77)(H,71,79)(H,70,78,80)/t46-,54?/m1/s1. The van der Waals surface area contributed by atoms with Crippen LogP contribution in [0.4, 0.5) is 30.2 Å². The molecular formula is C64H78F3N9O10S3. The van der Waals surface area contributed by atoms with Crippen LogP contribution in [0.3, 0.4) is 0 Å². The fraction of sp³-hybridized carbons (Fsp3) is 0.469. The minimum Gasteiger partial charge on any atom is -0.380 e. The Balaban J connectivity index is 0.777. The second-order valence-electron chi connectivity index (χ2n) is 24.2. The minimum absolute atomic E-state index is 0.000244. The molecule has 0 spiro atoms. The number of benzene rings is 4. The molecule has 19 nitrogen and oxygen atoms in total. The third-order valence-corrected chi connectivity index (χ3v) is 21.2. The number of hydrogen-bond donors (Lipinski definition) is 4. The molecule has 0 radical (unpaired) electrons. The Morgan fingerprint density at radius 2 is 1.47 bits per heavy atom. The first-order chi connectivity index (χ1) is 42.3. The van der Waals surface area contributed by atoms with Gasteiger partial charge in [-0.1, -0.05) is 69.2 Å². The highest BCUT2D eigenvalue weighted by atomic mass is 32.2. The topological polar surface area (TPSA) is 235 Å². The van der Waals surface area contributed by atoms with Gasteiger partial charge in [-0.05, 0) is 136 Å². The van der Waals surface area contributed by atoms with E-state index in [4.69, 9.17) is 0 Å². The molecule has 1 unspecified atom stereocenters. The van der Waals surface area contributed by atoms with Gasteiger partial charge in [0.1, 0.15) is 10.9 Å². The number of allylic oxidation sites excluding steroid dienone is 2. The van der Waals surface area contributed by atoms with Crippen molar-refractivity contribution in [3.8, 4) is 0 Å². The number of amides is 6. The number of rotatable bonds is 25. The molecule has 5 aliphatic rings. The number of fused-ring (bicyclic) bond motifs is 1. The molecular weight excluding hydrogens is 1210 g/mol. The predicted molar refractivity (Wildman–Crippen MR) is 336 cm³/mol. The SMILES string of the molecule is C=C(CCC)C1=C(CN2CCN(c3ccc(C(=O)NS(=O)(=O)c4ccc(N[C@H](CCN5CCN(CCCCC(=O)Nc6cccc7c6C(=O)N(C6CCC(=O)NC6=O)C7=O)CC5)CSc5ccccc5)c(S(=O)(=O)C(F)(F)F)c4)cc3)CC2)CCC(C)(C)C1. The van der Waals surface area contributed by atoms with Crippen LogP contribution in [0.25, 0.3) is 0 Å². The second-order valence-corrected chi connectivity index (χ2v) is 28.9. The number of unbranched alkanes of at least 4 members (excludes halogenated alkanes) is 1. The van der Waals surface area contributed by atoms with Crippen molar-refractivity contribution in [2.24, 2.45) is 5.41 Å². The Morgan fingerprint density at radius 3 is 2.15 bits per heavy atom. The predicted octanol–water partition coefficient (Wildman–Crippen LogP) is 8.87. The van der Waals surface area contributed by atoms with E-state index in [2.05, 4.69) is 62.9 Å². The first-order valence-corrected chi connectivity index (χ1v) is 34.3. The molecule has 89 heavy (non-hydrogen) atoms. The maximum atomic E-state index is 14.5. The van der Waals surface area contributed by atoms with E-state index < -0.39 is 82.5 Å². The van der Waals surface area contributed by atoms with Crippen LogP contribution in [0, 0.1) is 5.41 Å². The van der Waals surface area contributed by atoms with Crippen molar-refractivity contribution in [3.05, 3.63) is 131 Å². The van der Waals surface area contributed by atoms with E-state index in [1.54, 1.807) is 12.1 Å². The van der Waals surface area contributed by atoms with E-state index in [1.165, 1.54) is 58.8 Å². The highest BCUT2D eigenvalue weighted by Gasteiger charge is 2.49. The summed E-state index contributed by atoms with van der Waals surface area (Å²) in [6.45, 7) is 19.1. The second kappa shape index (κ2) is 28.5. The fourth-order valence-electron chi connectivity index (χ4n) is 12.1. The van der Waals surface area contributed by atoms with E-state index in [0.717, 1.165) is 92.4 Å². The summed E-state index contributed by atoms with van der Waals surface area (Å²) in [5.74, 6) is -3.75. The number of piperazine rings is 2. The zero-order valence-corrected chi connectivity index (χ0v) is 52.9. The van der Waals surface area contributed by atoms with Crippen molar-refractivity contribution in [2.75, 3.05) is 93.3 Å². The number of carbonyl (C=O) groups is 6. The molecule has 3 saturated heterocycles. The highest BCUT2D eigenvalue weighted by molar-refractivity contribution is 7.99. The maximum absolute atomic E-state index is 14.5. The number of hydrogen-bond acceptors (Lipinski definition) is 16. The Hall–Kier alpha value is -6.90. The lowest BCUT2D eigenvalue weighted by atomic mass is 9.72. The first kappa shape index (κ1) is 66.5. The van der Waals surface area contributed by atoms with Crippen LogP contribution < -0.4 is 25.6 Å². The Labute approximate surface area is 523 Å². The van der Waals surface area contributed by atoms with Crippen LogP contribution in [0.5, 0.6) is 0 Å². The minimum atomic E-state index is -6.15. The summed E-state index contributed by atoms with van der Waals surface area (Å²) in [6.07, 6.45) is 6.91. The van der Waals surface area contributed by atoms with Crippen molar-refractivity contribution in [1.29, 1.82) is 0 Å². The van der Waals surface area contributed by atoms with Crippen LogP contribution in [-0.2, 0) is 34.2 Å². The Morgan fingerprint density at radius 1 is 0.787 bits per heavy atom.